The molecule has 5 rings (SSSR count). The Balaban J connectivity index is 1.58. The summed E-state index contributed by atoms with van der Waals surface area (Å²) in [6.45, 7) is 4.26. The summed E-state index contributed by atoms with van der Waals surface area (Å²) in [5.41, 5.74) is 6.79. The first-order chi connectivity index (χ1) is 13.8. The van der Waals surface area contributed by atoms with Gasteiger partial charge in [-0.25, -0.2) is 0 Å². The maximum atomic E-state index is 4.78. The molecule has 1 aliphatic rings. The van der Waals surface area contributed by atoms with Crippen molar-refractivity contribution in [2.45, 2.75) is 38.8 Å². The van der Waals surface area contributed by atoms with Crippen LogP contribution >= 0.6 is 0 Å². The summed E-state index contributed by atoms with van der Waals surface area (Å²) in [6.07, 6.45) is 5.56. The van der Waals surface area contributed by atoms with E-state index in [1.807, 2.05) is 6.20 Å². The molecule has 3 nitrogen and oxygen atoms in total. The van der Waals surface area contributed by atoms with Gasteiger partial charge in [-0.1, -0.05) is 49.4 Å². The minimum Gasteiger partial charge on any atom is -0.343 e. The van der Waals surface area contributed by atoms with E-state index in [4.69, 9.17) is 4.98 Å². The van der Waals surface area contributed by atoms with Crippen molar-refractivity contribution in [3.05, 3.63) is 77.6 Å². The van der Waals surface area contributed by atoms with Crippen molar-refractivity contribution in [3.8, 4) is 0 Å². The van der Waals surface area contributed by atoms with E-state index in [1.54, 1.807) is 0 Å². The lowest BCUT2D eigenvalue weighted by Gasteiger charge is -2.34. The number of para-hydroxylation sites is 2. The molecule has 142 valence electrons. The zero-order chi connectivity index (χ0) is 19.1. The Morgan fingerprint density at radius 1 is 1.04 bits per heavy atom. The summed E-state index contributed by atoms with van der Waals surface area (Å²) in [7, 11) is 2.20. The smallest absolute Gasteiger partial charge is 0.0607 e. The number of nitrogens with zero attached hydrogens (tertiary/aromatic N) is 3. The Hall–Kier alpha value is -2.65. The van der Waals surface area contributed by atoms with Crippen LogP contribution in [0.1, 0.15) is 42.6 Å². The minimum absolute atomic E-state index is 0.417. The first-order valence-electron chi connectivity index (χ1n) is 10.4. The van der Waals surface area contributed by atoms with Gasteiger partial charge in [0.2, 0.25) is 0 Å². The summed E-state index contributed by atoms with van der Waals surface area (Å²) >= 11 is 0. The van der Waals surface area contributed by atoms with Gasteiger partial charge in [-0.15, -0.1) is 0 Å². The molecule has 1 aliphatic carbocycles. The first-order valence-corrected chi connectivity index (χ1v) is 10.4. The zero-order valence-corrected chi connectivity index (χ0v) is 16.7. The minimum atomic E-state index is 0.417. The molecule has 3 heteroatoms. The Morgan fingerprint density at radius 2 is 1.89 bits per heavy atom. The average molecular weight is 370 g/mol. The average Bonchev–Trinajstić information content (AvgIpc) is 3.05. The number of hydrogen-bond acceptors (Lipinski definition) is 2. The van der Waals surface area contributed by atoms with E-state index in [0.717, 1.165) is 19.5 Å². The molecule has 0 fully saturated rings. The number of pyridine rings is 1. The topological polar surface area (TPSA) is 21.1 Å². The van der Waals surface area contributed by atoms with Crippen LogP contribution in [0.25, 0.3) is 21.8 Å². The van der Waals surface area contributed by atoms with Gasteiger partial charge < -0.3 is 4.57 Å². The highest BCUT2D eigenvalue weighted by molar-refractivity contribution is 6.08. The Morgan fingerprint density at radius 3 is 2.79 bits per heavy atom. The molecule has 0 bridgehead atoms. The fourth-order valence-corrected chi connectivity index (χ4v) is 5.05. The maximum absolute atomic E-state index is 4.78. The number of hydrogen-bond donors (Lipinski definition) is 0. The second-order valence-corrected chi connectivity index (χ2v) is 7.91. The highest BCUT2D eigenvalue weighted by atomic mass is 15.2. The standard InChI is InChI=1S/C25H27N3/c1-3-28(23-15-7-9-18-11-8-16-26-24(18)23)17-19-10-6-13-21-20-12-4-5-14-22(20)27(2)25(19)21/h4-6,8,10-14,16,23H,3,7,9,15,17H2,1-2H3/t23-/m1/s1. The molecule has 2 heterocycles. The van der Waals surface area contributed by atoms with E-state index < -0.39 is 0 Å². The maximum Gasteiger partial charge on any atom is 0.0607 e. The van der Waals surface area contributed by atoms with Crippen LogP contribution in [0.3, 0.4) is 0 Å². The van der Waals surface area contributed by atoms with Gasteiger partial charge in [-0.05, 0) is 49.1 Å². The molecule has 2 aromatic carbocycles. The van der Waals surface area contributed by atoms with Crippen LogP contribution in [0, 0.1) is 0 Å². The zero-order valence-electron chi connectivity index (χ0n) is 16.7. The monoisotopic (exact) mass is 369 g/mol. The van der Waals surface area contributed by atoms with Crippen LogP contribution in [0.5, 0.6) is 0 Å². The van der Waals surface area contributed by atoms with Crippen molar-refractivity contribution in [2.75, 3.05) is 6.54 Å². The molecule has 1 atom stereocenters. The van der Waals surface area contributed by atoms with Crippen LogP contribution in [0.15, 0.2) is 60.8 Å². The fraction of sp³-hybridized carbons (Fsp3) is 0.320. The third kappa shape index (κ3) is 2.73. The van der Waals surface area contributed by atoms with Crippen molar-refractivity contribution < 1.29 is 0 Å². The van der Waals surface area contributed by atoms with Gasteiger partial charge in [0.1, 0.15) is 0 Å². The highest BCUT2D eigenvalue weighted by Gasteiger charge is 2.27. The van der Waals surface area contributed by atoms with E-state index >= 15 is 0 Å². The van der Waals surface area contributed by atoms with Crippen LogP contribution in [-0.2, 0) is 20.0 Å². The Labute approximate surface area is 166 Å². The summed E-state index contributed by atoms with van der Waals surface area (Å²) < 4.78 is 2.36. The van der Waals surface area contributed by atoms with Gasteiger partial charge in [0, 0.05) is 36.1 Å². The van der Waals surface area contributed by atoms with E-state index in [1.165, 1.54) is 51.5 Å². The number of aryl methyl sites for hydroxylation is 2. The van der Waals surface area contributed by atoms with Gasteiger partial charge in [-0.2, -0.15) is 0 Å². The normalized spacial score (nSPS) is 16.8. The molecule has 0 unspecified atom stereocenters. The molecule has 0 saturated carbocycles. The summed E-state index contributed by atoms with van der Waals surface area (Å²) in [4.78, 5) is 7.39. The lowest BCUT2D eigenvalue weighted by atomic mass is 9.90. The Bertz CT molecular complexity index is 1140. The number of rotatable bonds is 4. The van der Waals surface area contributed by atoms with Crippen molar-refractivity contribution >= 4 is 21.8 Å². The molecule has 0 spiro atoms. The molecule has 2 aromatic heterocycles. The van der Waals surface area contributed by atoms with Gasteiger partial charge in [0.05, 0.1) is 17.3 Å². The van der Waals surface area contributed by atoms with Crippen LogP contribution in [-0.4, -0.2) is 21.0 Å². The van der Waals surface area contributed by atoms with Crippen LogP contribution in [0.4, 0.5) is 0 Å². The molecule has 0 radical (unpaired) electrons. The predicted molar refractivity (Wildman–Crippen MR) is 116 cm³/mol. The van der Waals surface area contributed by atoms with E-state index in [-0.39, 0.29) is 0 Å². The van der Waals surface area contributed by atoms with Gasteiger partial charge >= 0.3 is 0 Å². The van der Waals surface area contributed by atoms with Crippen molar-refractivity contribution in [1.82, 2.24) is 14.5 Å². The summed E-state index contributed by atoms with van der Waals surface area (Å²) in [5, 5.41) is 2.70. The van der Waals surface area contributed by atoms with Crippen molar-refractivity contribution in [2.24, 2.45) is 7.05 Å². The fourth-order valence-electron chi connectivity index (χ4n) is 5.05. The second kappa shape index (κ2) is 7.06. The number of aromatic nitrogens is 2. The predicted octanol–water partition coefficient (Wildman–Crippen LogP) is 5.63. The molecule has 0 aliphatic heterocycles. The lowest BCUT2D eigenvalue weighted by Crippen LogP contribution is -2.31. The molecule has 0 saturated heterocycles. The molecule has 4 aromatic rings. The Kier molecular flexibility index (Phi) is 4.40. The molecule has 28 heavy (non-hydrogen) atoms. The van der Waals surface area contributed by atoms with E-state index in [0.29, 0.717) is 6.04 Å². The highest BCUT2D eigenvalue weighted by Crippen LogP contribution is 2.35. The largest absolute Gasteiger partial charge is 0.343 e. The summed E-state index contributed by atoms with van der Waals surface area (Å²) in [6, 6.07) is 20.2. The second-order valence-electron chi connectivity index (χ2n) is 7.91. The number of benzene rings is 2. The quantitative estimate of drug-likeness (QED) is 0.465. The summed E-state index contributed by atoms with van der Waals surface area (Å²) in [5.74, 6) is 0. The molecular formula is C25H27N3. The third-order valence-electron chi connectivity index (χ3n) is 6.40. The molecular weight excluding hydrogens is 342 g/mol. The van der Waals surface area contributed by atoms with E-state index in [2.05, 4.69) is 78.0 Å². The van der Waals surface area contributed by atoms with Crippen LogP contribution < -0.4 is 0 Å². The number of fused-ring (bicyclic) bond motifs is 4. The van der Waals surface area contributed by atoms with Crippen molar-refractivity contribution in [3.63, 3.8) is 0 Å². The molecule has 0 N–H and O–H groups in total. The van der Waals surface area contributed by atoms with Gasteiger partial charge in [0.25, 0.3) is 0 Å². The third-order valence-corrected chi connectivity index (χ3v) is 6.40. The van der Waals surface area contributed by atoms with E-state index in [9.17, 15) is 0 Å². The molecule has 0 amide bonds. The van der Waals surface area contributed by atoms with Gasteiger partial charge in [0.15, 0.2) is 0 Å². The lowest BCUT2D eigenvalue weighted by molar-refractivity contribution is 0.175. The van der Waals surface area contributed by atoms with Crippen LogP contribution in [0.2, 0.25) is 0 Å². The van der Waals surface area contributed by atoms with Crippen molar-refractivity contribution in [1.29, 1.82) is 0 Å². The SMILES string of the molecule is CCN(Cc1cccc2c3ccccc3n(C)c12)[C@@H]1CCCc2cccnc21. The van der Waals surface area contributed by atoms with Gasteiger partial charge in [-0.3, -0.25) is 9.88 Å². The first kappa shape index (κ1) is 17.4.